The Morgan fingerprint density at radius 3 is 2.48 bits per heavy atom. The fourth-order valence-corrected chi connectivity index (χ4v) is 4.13. The average Bonchev–Trinajstić information content (AvgIpc) is 3.30. The Balaban J connectivity index is 1.58. The van der Waals surface area contributed by atoms with Crippen molar-refractivity contribution < 1.29 is 9.47 Å². The molecule has 1 aromatic carbocycles. The van der Waals surface area contributed by atoms with Crippen LogP contribution in [0.4, 0.5) is 0 Å². The number of ether oxygens (including phenoxy) is 2. The van der Waals surface area contributed by atoms with Gasteiger partial charge in [0.15, 0.2) is 5.96 Å². The summed E-state index contributed by atoms with van der Waals surface area (Å²) >= 11 is 0. The van der Waals surface area contributed by atoms with Crippen molar-refractivity contribution in [3.05, 3.63) is 29.8 Å². The molecule has 1 aromatic rings. The average molecular weight is 374 g/mol. The van der Waals surface area contributed by atoms with E-state index in [2.05, 4.69) is 55.0 Å². The molecule has 1 aliphatic carbocycles. The highest BCUT2D eigenvalue weighted by atomic mass is 16.5. The third-order valence-corrected chi connectivity index (χ3v) is 5.74. The molecule has 0 aromatic heterocycles. The van der Waals surface area contributed by atoms with E-state index >= 15 is 0 Å². The van der Waals surface area contributed by atoms with Crippen molar-refractivity contribution in [1.29, 1.82) is 0 Å². The standard InChI is InChI=1S/C22H35N3O2/c1-21(2,3)27-16-11-13-25(14-12-16)20(23-5)24-19-15-22(19,4)17-9-7-8-10-18(17)26-6/h7-10,16,19H,11-15H2,1-6H3,(H,23,24). The monoisotopic (exact) mass is 373 g/mol. The van der Waals surface area contributed by atoms with E-state index in [1.54, 1.807) is 7.11 Å². The van der Waals surface area contributed by atoms with Crippen LogP contribution in [0.2, 0.25) is 0 Å². The van der Waals surface area contributed by atoms with E-state index in [1.807, 2.05) is 19.2 Å². The minimum Gasteiger partial charge on any atom is -0.496 e. The Bertz CT molecular complexity index is 674. The zero-order valence-electron chi connectivity index (χ0n) is 17.7. The van der Waals surface area contributed by atoms with Crippen molar-refractivity contribution in [2.75, 3.05) is 27.2 Å². The molecule has 1 heterocycles. The molecule has 5 heteroatoms. The van der Waals surface area contributed by atoms with Gasteiger partial charge in [0.2, 0.25) is 0 Å². The van der Waals surface area contributed by atoms with E-state index in [0.29, 0.717) is 12.1 Å². The molecule has 0 bridgehead atoms. The minimum absolute atomic E-state index is 0.0721. The van der Waals surface area contributed by atoms with Crippen LogP contribution >= 0.6 is 0 Å². The molecule has 1 aliphatic heterocycles. The van der Waals surface area contributed by atoms with Gasteiger partial charge >= 0.3 is 0 Å². The van der Waals surface area contributed by atoms with Gasteiger partial charge in [0, 0.05) is 37.2 Å². The minimum atomic E-state index is -0.0721. The molecule has 3 rings (SSSR count). The van der Waals surface area contributed by atoms with E-state index in [0.717, 1.165) is 44.1 Å². The van der Waals surface area contributed by atoms with Gasteiger partial charge in [0.25, 0.3) is 0 Å². The topological polar surface area (TPSA) is 46.1 Å². The van der Waals surface area contributed by atoms with Gasteiger partial charge in [-0.2, -0.15) is 0 Å². The van der Waals surface area contributed by atoms with Crippen LogP contribution in [-0.2, 0) is 10.2 Å². The van der Waals surface area contributed by atoms with Gasteiger partial charge in [0.1, 0.15) is 5.75 Å². The van der Waals surface area contributed by atoms with Crippen LogP contribution in [0.25, 0.3) is 0 Å². The van der Waals surface area contributed by atoms with Gasteiger partial charge in [-0.05, 0) is 46.1 Å². The lowest BCUT2D eigenvalue weighted by atomic mass is 9.96. The number of para-hydroxylation sites is 1. The summed E-state index contributed by atoms with van der Waals surface area (Å²) in [5.41, 5.74) is 1.30. The molecular formula is C22H35N3O2. The van der Waals surface area contributed by atoms with Crippen LogP contribution in [0.3, 0.4) is 0 Å². The predicted molar refractivity (Wildman–Crippen MR) is 111 cm³/mol. The molecule has 1 N–H and O–H groups in total. The molecule has 2 unspecified atom stereocenters. The fraction of sp³-hybridized carbons (Fsp3) is 0.682. The SMILES string of the molecule is CN=C(NC1CC1(C)c1ccccc1OC)N1CCC(OC(C)(C)C)CC1. The lowest BCUT2D eigenvalue weighted by molar-refractivity contribution is -0.0772. The highest BCUT2D eigenvalue weighted by molar-refractivity contribution is 5.81. The summed E-state index contributed by atoms with van der Waals surface area (Å²) in [6.45, 7) is 10.7. The lowest BCUT2D eigenvalue weighted by Crippen LogP contribution is -2.49. The number of rotatable bonds is 4. The van der Waals surface area contributed by atoms with E-state index in [4.69, 9.17) is 9.47 Å². The molecule has 1 saturated carbocycles. The smallest absolute Gasteiger partial charge is 0.193 e. The summed E-state index contributed by atoms with van der Waals surface area (Å²) in [5, 5.41) is 3.69. The Labute approximate surface area is 164 Å². The number of aliphatic imine (C=N–C) groups is 1. The highest BCUT2D eigenvalue weighted by Crippen LogP contribution is 2.51. The number of hydrogen-bond donors (Lipinski definition) is 1. The first kappa shape index (κ1) is 20.0. The third-order valence-electron chi connectivity index (χ3n) is 5.74. The second kappa shape index (κ2) is 7.70. The van der Waals surface area contributed by atoms with Gasteiger partial charge in [-0.1, -0.05) is 25.1 Å². The van der Waals surface area contributed by atoms with Gasteiger partial charge in [-0.3, -0.25) is 4.99 Å². The predicted octanol–water partition coefficient (Wildman–Crippen LogP) is 3.58. The molecule has 2 aliphatic rings. The Hall–Kier alpha value is -1.75. The van der Waals surface area contributed by atoms with Crippen LogP contribution in [0.1, 0.15) is 52.5 Å². The quantitative estimate of drug-likeness (QED) is 0.647. The van der Waals surface area contributed by atoms with Crippen molar-refractivity contribution >= 4 is 5.96 Å². The molecule has 2 fully saturated rings. The van der Waals surface area contributed by atoms with Crippen molar-refractivity contribution in [3.8, 4) is 5.75 Å². The maximum atomic E-state index is 6.15. The van der Waals surface area contributed by atoms with E-state index in [-0.39, 0.29) is 11.0 Å². The molecule has 5 nitrogen and oxygen atoms in total. The number of guanidine groups is 1. The molecule has 150 valence electrons. The fourth-order valence-electron chi connectivity index (χ4n) is 4.13. The summed E-state index contributed by atoms with van der Waals surface area (Å²) in [6, 6.07) is 8.73. The maximum absolute atomic E-state index is 6.15. The summed E-state index contributed by atoms with van der Waals surface area (Å²) in [5.74, 6) is 1.98. The van der Waals surface area contributed by atoms with E-state index in [9.17, 15) is 0 Å². The first-order valence-corrected chi connectivity index (χ1v) is 10.1. The first-order chi connectivity index (χ1) is 12.8. The van der Waals surface area contributed by atoms with Crippen LogP contribution in [0.15, 0.2) is 29.3 Å². The molecule has 27 heavy (non-hydrogen) atoms. The molecule has 2 atom stereocenters. The second-order valence-corrected chi connectivity index (χ2v) is 8.98. The Morgan fingerprint density at radius 1 is 1.22 bits per heavy atom. The molecule has 0 amide bonds. The summed E-state index contributed by atoms with van der Waals surface area (Å²) in [6.07, 6.45) is 3.54. The van der Waals surface area contributed by atoms with Gasteiger partial charge in [-0.15, -0.1) is 0 Å². The number of hydrogen-bond acceptors (Lipinski definition) is 3. The number of nitrogens with zero attached hydrogens (tertiary/aromatic N) is 2. The summed E-state index contributed by atoms with van der Waals surface area (Å²) in [4.78, 5) is 6.92. The van der Waals surface area contributed by atoms with Gasteiger partial charge < -0.3 is 19.7 Å². The number of benzene rings is 1. The van der Waals surface area contributed by atoms with Crippen molar-refractivity contribution in [3.63, 3.8) is 0 Å². The third kappa shape index (κ3) is 4.57. The Morgan fingerprint density at radius 2 is 1.89 bits per heavy atom. The summed E-state index contributed by atoms with van der Waals surface area (Å²) in [7, 11) is 3.62. The van der Waals surface area contributed by atoms with Crippen molar-refractivity contribution in [2.24, 2.45) is 4.99 Å². The number of likely N-dealkylation sites (tertiary alicyclic amines) is 1. The number of piperidine rings is 1. The molecule has 0 spiro atoms. The van der Waals surface area contributed by atoms with E-state index < -0.39 is 0 Å². The zero-order valence-corrected chi connectivity index (χ0v) is 17.7. The zero-order chi connectivity index (χ0) is 19.7. The van der Waals surface area contributed by atoms with Gasteiger partial charge in [0.05, 0.1) is 18.8 Å². The van der Waals surface area contributed by atoms with Crippen molar-refractivity contribution in [1.82, 2.24) is 10.2 Å². The largest absolute Gasteiger partial charge is 0.496 e. The Kier molecular flexibility index (Phi) is 5.71. The van der Waals surface area contributed by atoms with Crippen molar-refractivity contribution in [2.45, 2.75) is 70.1 Å². The second-order valence-electron chi connectivity index (χ2n) is 8.98. The first-order valence-electron chi connectivity index (χ1n) is 10.1. The van der Waals surface area contributed by atoms with Gasteiger partial charge in [-0.25, -0.2) is 0 Å². The van der Waals surface area contributed by atoms with Crippen LogP contribution in [0.5, 0.6) is 5.75 Å². The van der Waals surface area contributed by atoms with Crippen LogP contribution in [0, 0.1) is 0 Å². The maximum Gasteiger partial charge on any atom is 0.193 e. The summed E-state index contributed by atoms with van der Waals surface area (Å²) < 4.78 is 11.7. The normalized spacial score (nSPS) is 26.8. The highest BCUT2D eigenvalue weighted by Gasteiger charge is 2.53. The van der Waals surface area contributed by atoms with E-state index in [1.165, 1.54) is 5.56 Å². The van der Waals surface area contributed by atoms with Crippen LogP contribution < -0.4 is 10.1 Å². The number of methoxy groups -OCH3 is 1. The molecular weight excluding hydrogens is 338 g/mol. The van der Waals surface area contributed by atoms with Crippen LogP contribution in [-0.4, -0.2) is 55.9 Å². The molecule has 0 radical (unpaired) electrons. The lowest BCUT2D eigenvalue weighted by Gasteiger charge is -2.37. The number of nitrogens with one attached hydrogen (secondary N) is 1. The molecule has 1 saturated heterocycles.